The highest BCUT2D eigenvalue weighted by atomic mass is 32.2. The number of sulfonamides is 1. The molecule has 1 aliphatic carbocycles. The lowest BCUT2D eigenvalue weighted by Crippen LogP contribution is -2.45. The molecule has 1 atom stereocenters. The minimum absolute atomic E-state index is 0.0349. The Hall–Kier alpha value is -2.60. The summed E-state index contributed by atoms with van der Waals surface area (Å²) in [6.07, 6.45) is -1.11. The van der Waals surface area contributed by atoms with Crippen molar-refractivity contribution in [1.29, 1.82) is 0 Å². The van der Waals surface area contributed by atoms with Gasteiger partial charge in [0, 0.05) is 18.2 Å². The topological polar surface area (TPSA) is 92.3 Å². The zero-order valence-electron chi connectivity index (χ0n) is 18.8. The second kappa shape index (κ2) is 10.2. The third-order valence-electron chi connectivity index (χ3n) is 6.72. The van der Waals surface area contributed by atoms with Gasteiger partial charge in [0.1, 0.15) is 18.2 Å². The van der Waals surface area contributed by atoms with Gasteiger partial charge in [-0.3, -0.25) is 4.79 Å². The van der Waals surface area contributed by atoms with Crippen LogP contribution in [0, 0.1) is 11.7 Å². The van der Waals surface area contributed by atoms with Gasteiger partial charge in [-0.15, -0.1) is 0 Å². The minimum atomic E-state index is -4.18. The van der Waals surface area contributed by atoms with Crippen LogP contribution in [0.25, 0.3) is 0 Å². The third kappa shape index (κ3) is 5.80. The predicted molar refractivity (Wildman–Crippen MR) is 118 cm³/mol. The number of hydrogen-bond acceptors (Lipinski definition) is 5. The van der Waals surface area contributed by atoms with E-state index >= 15 is 0 Å². The largest absolute Gasteiger partial charge is 0.391 e. The van der Waals surface area contributed by atoms with Gasteiger partial charge in [-0.1, -0.05) is 0 Å². The van der Waals surface area contributed by atoms with Crippen molar-refractivity contribution in [2.24, 2.45) is 5.92 Å². The highest BCUT2D eigenvalue weighted by molar-refractivity contribution is 7.89. The molecule has 12 heteroatoms. The molecule has 1 saturated heterocycles. The first-order valence-electron chi connectivity index (χ1n) is 11.5. The van der Waals surface area contributed by atoms with E-state index in [1.165, 1.54) is 18.5 Å². The lowest BCUT2D eigenvalue weighted by atomic mass is 9.80. The number of nitrogens with zero attached hydrogens (tertiary/aromatic N) is 3. The number of alkyl halides is 3. The first-order valence-corrected chi connectivity index (χ1v) is 12.9. The molecule has 1 saturated carbocycles. The van der Waals surface area contributed by atoms with Crippen molar-refractivity contribution in [2.45, 2.75) is 68.1 Å². The van der Waals surface area contributed by atoms with Crippen LogP contribution in [0.2, 0.25) is 0 Å². The van der Waals surface area contributed by atoms with Gasteiger partial charge in [0.15, 0.2) is 0 Å². The van der Waals surface area contributed by atoms with E-state index < -0.39 is 39.9 Å². The Bertz CT molecular complexity index is 1150. The average molecular weight is 515 g/mol. The fourth-order valence-corrected chi connectivity index (χ4v) is 6.44. The van der Waals surface area contributed by atoms with Crippen LogP contribution in [0.1, 0.15) is 55.8 Å². The van der Waals surface area contributed by atoms with Crippen LogP contribution in [0.15, 0.2) is 41.6 Å². The summed E-state index contributed by atoms with van der Waals surface area (Å²) in [6.45, 7) is 0.212. The van der Waals surface area contributed by atoms with E-state index in [9.17, 15) is 30.8 Å². The predicted octanol–water partition coefficient (Wildman–Crippen LogP) is 3.92. The number of carbonyl (C=O) groups excluding carboxylic acids is 1. The van der Waals surface area contributed by atoms with Crippen LogP contribution in [-0.4, -0.2) is 47.4 Å². The number of nitrogens with one attached hydrogen (secondary N) is 1. The van der Waals surface area contributed by atoms with Gasteiger partial charge >= 0.3 is 6.18 Å². The van der Waals surface area contributed by atoms with Gasteiger partial charge < -0.3 is 5.32 Å². The van der Waals surface area contributed by atoms with Crippen molar-refractivity contribution in [1.82, 2.24) is 19.6 Å². The number of benzene rings is 1. The maximum absolute atomic E-state index is 13.2. The molecule has 1 aromatic carbocycles. The maximum Gasteiger partial charge on any atom is 0.391 e. The van der Waals surface area contributed by atoms with Crippen LogP contribution < -0.4 is 5.32 Å². The molecule has 190 valence electrons. The molecule has 1 aliphatic heterocycles. The lowest BCUT2D eigenvalue weighted by Gasteiger charge is -2.29. The summed E-state index contributed by atoms with van der Waals surface area (Å²) in [7, 11) is -3.97. The number of amides is 1. The molecule has 1 N–H and O–H groups in total. The van der Waals surface area contributed by atoms with E-state index in [1.54, 1.807) is 6.07 Å². The SMILES string of the molecule is O=C(NCc1cc(C2CCC(C(F)(F)F)CC2)ncn1)C1CCCN1S(=O)(=O)c1ccc(F)cc1. The Labute approximate surface area is 201 Å². The summed E-state index contributed by atoms with van der Waals surface area (Å²) in [4.78, 5) is 21.1. The molecular formula is C23H26F4N4O3S. The molecule has 0 spiro atoms. The monoisotopic (exact) mass is 514 g/mol. The van der Waals surface area contributed by atoms with Crippen LogP contribution in [0.5, 0.6) is 0 Å². The third-order valence-corrected chi connectivity index (χ3v) is 8.65. The Morgan fingerprint density at radius 3 is 2.40 bits per heavy atom. The summed E-state index contributed by atoms with van der Waals surface area (Å²) in [5.74, 6) is -2.41. The molecular weight excluding hydrogens is 488 g/mol. The molecule has 4 rings (SSSR count). The molecule has 7 nitrogen and oxygen atoms in total. The Morgan fingerprint density at radius 1 is 1.06 bits per heavy atom. The van der Waals surface area contributed by atoms with E-state index in [0.717, 1.165) is 16.4 Å². The quantitative estimate of drug-likeness (QED) is 0.590. The van der Waals surface area contributed by atoms with E-state index in [1.807, 2.05) is 0 Å². The second-order valence-electron chi connectivity index (χ2n) is 8.97. The molecule has 35 heavy (non-hydrogen) atoms. The molecule has 2 aromatic rings. The number of aromatic nitrogens is 2. The molecule has 1 amide bonds. The van der Waals surface area contributed by atoms with E-state index in [2.05, 4.69) is 15.3 Å². The zero-order chi connectivity index (χ0) is 25.2. The lowest BCUT2D eigenvalue weighted by molar-refractivity contribution is -0.182. The Morgan fingerprint density at radius 2 is 1.74 bits per heavy atom. The Kier molecular flexibility index (Phi) is 7.41. The van der Waals surface area contributed by atoms with Gasteiger partial charge in [0.05, 0.1) is 23.1 Å². The summed E-state index contributed by atoms with van der Waals surface area (Å²) < 4.78 is 79.1. The van der Waals surface area contributed by atoms with Crippen LogP contribution in [-0.2, 0) is 21.4 Å². The maximum atomic E-state index is 13.2. The highest BCUT2D eigenvalue weighted by Gasteiger charge is 2.42. The van der Waals surface area contributed by atoms with Gasteiger partial charge in [-0.25, -0.2) is 22.8 Å². The van der Waals surface area contributed by atoms with Crippen molar-refractivity contribution >= 4 is 15.9 Å². The van der Waals surface area contributed by atoms with Gasteiger partial charge in [0.25, 0.3) is 0 Å². The average Bonchev–Trinajstić information content (AvgIpc) is 3.34. The summed E-state index contributed by atoms with van der Waals surface area (Å²) in [5, 5.41) is 2.72. The van der Waals surface area contributed by atoms with Crippen molar-refractivity contribution in [2.75, 3.05) is 6.54 Å². The van der Waals surface area contributed by atoms with Crippen molar-refractivity contribution in [3.63, 3.8) is 0 Å². The standard InChI is InChI=1S/C23H26F4N4O3S/c24-17-7-9-19(10-8-17)35(33,34)31-11-1-2-21(31)22(32)28-13-18-12-20(30-14-29-18)15-3-5-16(6-4-15)23(25,26)27/h7-10,12,14-16,21H,1-6,11,13H2,(H,28,32). The first kappa shape index (κ1) is 25.5. The number of rotatable bonds is 6. The molecule has 0 radical (unpaired) electrons. The van der Waals surface area contributed by atoms with Gasteiger partial charge in [0.2, 0.25) is 15.9 Å². The van der Waals surface area contributed by atoms with E-state index in [4.69, 9.17) is 0 Å². The zero-order valence-corrected chi connectivity index (χ0v) is 19.7. The molecule has 2 fully saturated rings. The number of carbonyl (C=O) groups is 1. The molecule has 0 bridgehead atoms. The van der Waals surface area contributed by atoms with Crippen LogP contribution >= 0.6 is 0 Å². The first-order chi connectivity index (χ1) is 16.6. The van der Waals surface area contributed by atoms with Gasteiger partial charge in [-0.2, -0.15) is 17.5 Å². The van der Waals surface area contributed by atoms with Crippen LogP contribution in [0.3, 0.4) is 0 Å². The molecule has 1 unspecified atom stereocenters. The number of hydrogen-bond donors (Lipinski definition) is 1. The van der Waals surface area contributed by atoms with Crippen molar-refractivity contribution in [3.05, 3.63) is 53.9 Å². The van der Waals surface area contributed by atoms with E-state index in [0.29, 0.717) is 37.1 Å². The summed E-state index contributed by atoms with van der Waals surface area (Å²) in [5.41, 5.74) is 1.14. The molecule has 2 aliphatic rings. The fourth-order valence-electron chi connectivity index (χ4n) is 4.78. The van der Waals surface area contributed by atoms with Crippen LogP contribution in [0.4, 0.5) is 17.6 Å². The van der Waals surface area contributed by atoms with Gasteiger partial charge in [-0.05, 0) is 68.9 Å². The summed E-state index contributed by atoms with van der Waals surface area (Å²) in [6, 6.07) is 5.23. The van der Waals surface area contributed by atoms with Crippen molar-refractivity contribution in [3.8, 4) is 0 Å². The molecule has 1 aromatic heterocycles. The highest BCUT2D eigenvalue weighted by Crippen LogP contribution is 2.42. The second-order valence-corrected chi connectivity index (χ2v) is 10.9. The normalized spacial score (nSPS) is 23.8. The number of halogens is 4. The fraction of sp³-hybridized carbons (Fsp3) is 0.522. The minimum Gasteiger partial charge on any atom is -0.349 e. The smallest absolute Gasteiger partial charge is 0.349 e. The Balaban J connectivity index is 1.37. The van der Waals surface area contributed by atoms with E-state index in [-0.39, 0.29) is 36.7 Å². The summed E-state index contributed by atoms with van der Waals surface area (Å²) >= 11 is 0. The van der Waals surface area contributed by atoms with Crippen molar-refractivity contribution < 1.29 is 30.8 Å². The molecule has 2 heterocycles.